The van der Waals surface area contributed by atoms with E-state index < -0.39 is 11.2 Å². The van der Waals surface area contributed by atoms with Crippen molar-refractivity contribution in [3.05, 3.63) is 92.5 Å². The van der Waals surface area contributed by atoms with Crippen LogP contribution in [-0.2, 0) is 0 Å². The van der Waals surface area contributed by atoms with Gasteiger partial charge in [0.05, 0.1) is 16.7 Å². The first-order chi connectivity index (χ1) is 15.6. The van der Waals surface area contributed by atoms with E-state index in [1.807, 2.05) is 47.5 Å². The van der Waals surface area contributed by atoms with Crippen molar-refractivity contribution in [1.29, 1.82) is 0 Å². The first-order valence-corrected chi connectivity index (χ1v) is 10.4. The van der Waals surface area contributed by atoms with Gasteiger partial charge < -0.3 is 14.2 Å². The summed E-state index contributed by atoms with van der Waals surface area (Å²) in [4.78, 5) is 10.9. The summed E-state index contributed by atoms with van der Waals surface area (Å²) < 4.78 is 17.2. The lowest BCUT2D eigenvalue weighted by molar-refractivity contribution is -0.385. The summed E-state index contributed by atoms with van der Waals surface area (Å²) in [5.41, 5.74) is 3.23. The normalized spacial score (nSPS) is 20.3. The number of benzene rings is 3. The molecule has 3 aromatic carbocycles. The molecule has 0 aliphatic carbocycles. The van der Waals surface area contributed by atoms with Crippen molar-refractivity contribution in [1.82, 2.24) is 5.01 Å². The lowest BCUT2D eigenvalue weighted by Gasteiger charge is -2.38. The average molecular weight is 450 g/mol. The SMILES string of the molecule is O=[N+]([O-])c1ccc(Cl)c([C@@H]2Oc3ccccc3[C@@H]3CC(c4ccc5c(c4)OCO5)=NN32)c1. The number of halogens is 1. The van der Waals surface area contributed by atoms with Crippen LogP contribution >= 0.6 is 11.6 Å². The van der Waals surface area contributed by atoms with Crippen molar-refractivity contribution >= 4 is 23.0 Å². The van der Waals surface area contributed by atoms with E-state index in [1.54, 1.807) is 0 Å². The van der Waals surface area contributed by atoms with E-state index in [2.05, 4.69) is 0 Å². The topological polar surface area (TPSA) is 86.4 Å². The van der Waals surface area contributed by atoms with Crippen LogP contribution in [0.5, 0.6) is 17.2 Å². The molecule has 3 heterocycles. The van der Waals surface area contributed by atoms with Gasteiger partial charge in [0.25, 0.3) is 5.69 Å². The van der Waals surface area contributed by atoms with Crippen LogP contribution in [0.1, 0.15) is 35.4 Å². The third-order valence-corrected chi connectivity index (χ3v) is 6.21. The molecule has 0 bridgehead atoms. The Morgan fingerprint density at radius 1 is 1.00 bits per heavy atom. The van der Waals surface area contributed by atoms with Crippen LogP contribution in [0.2, 0.25) is 5.02 Å². The highest BCUT2D eigenvalue weighted by molar-refractivity contribution is 6.31. The van der Waals surface area contributed by atoms with Crippen molar-refractivity contribution in [3.63, 3.8) is 0 Å². The molecule has 0 amide bonds. The van der Waals surface area contributed by atoms with Gasteiger partial charge in [0.15, 0.2) is 11.5 Å². The van der Waals surface area contributed by atoms with E-state index in [9.17, 15) is 10.1 Å². The number of non-ortho nitro benzene ring substituents is 1. The van der Waals surface area contributed by atoms with Gasteiger partial charge in [-0.15, -0.1) is 0 Å². The highest BCUT2D eigenvalue weighted by atomic mass is 35.5. The quantitative estimate of drug-likeness (QED) is 0.402. The lowest BCUT2D eigenvalue weighted by Crippen LogP contribution is -2.33. The van der Waals surface area contributed by atoms with Crippen molar-refractivity contribution in [2.24, 2.45) is 5.10 Å². The Bertz CT molecular complexity index is 1290. The van der Waals surface area contributed by atoms with Gasteiger partial charge >= 0.3 is 0 Å². The molecule has 0 spiro atoms. The number of hydrogen-bond donors (Lipinski definition) is 0. The van der Waals surface area contributed by atoms with Crippen molar-refractivity contribution in [2.75, 3.05) is 6.79 Å². The fraction of sp³-hybridized carbons (Fsp3) is 0.174. The molecule has 0 fully saturated rings. The summed E-state index contributed by atoms with van der Waals surface area (Å²) >= 11 is 6.46. The molecule has 3 aliphatic heterocycles. The van der Waals surface area contributed by atoms with Crippen molar-refractivity contribution in [2.45, 2.75) is 18.7 Å². The predicted molar refractivity (Wildman–Crippen MR) is 116 cm³/mol. The molecule has 0 N–H and O–H groups in total. The summed E-state index contributed by atoms with van der Waals surface area (Å²) in [5.74, 6) is 2.11. The van der Waals surface area contributed by atoms with E-state index in [1.165, 1.54) is 18.2 Å². The number of nitro groups is 1. The van der Waals surface area contributed by atoms with Gasteiger partial charge in [-0.25, -0.2) is 5.01 Å². The molecule has 9 heteroatoms. The first-order valence-electron chi connectivity index (χ1n) is 10.0. The molecule has 8 nitrogen and oxygen atoms in total. The Balaban J connectivity index is 1.45. The van der Waals surface area contributed by atoms with Crippen LogP contribution in [0.25, 0.3) is 0 Å². The third-order valence-electron chi connectivity index (χ3n) is 5.86. The Morgan fingerprint density at radius 2 is 1.84 bits per heavy atom. The predicted octanol–water partition coefficient (Wildman–Crippen LogP) is 5.22. The van der Waals surface area contributed by atoms with Gasteiger partial charge in [-0.2, -0.15) is 5.10 Å². The summed E-state index contributed by atoms with van der Waals surface area (Å²) in [6.45, 7) is 0.203. The monoisotopic (exact) mass is 449 g/mol. The molecular formula is C23H16ClN3O5. The number of nitro benzene ring substituents is 1. The Kier molecular flexibility index (Phi) is 4.22. The van der Waals surface area contributed by atoms with Crippen LogP contribution in [0.15, 0.2) is 65.8 Å². The molecule has 2 atom stereocenters. The summed E-state index contributed by atoms with van der Waals surface area (Å²) in [5, 5.41) is 18.5. The molecule has 3 aliphatic rings. The van der Waals surface area contributed by atoms with E-state index in [-0.39, 0.29) is 18.5 Å². The maximum Gasteiger partial charge on any atom is 0.270 e. The van der Waals surface area contributed by atoms with Gasteiger partial charge in [-0.1, -0.05) is 29.8 Å². The second-order valence-electron chi connectivity index (χ2n) is 7.69. The van der Waals surface area contributed by atoms with Crippen LogP contribution < -0.4 is 14.2 Å². The minimum absolute atomic E-state index is 0.0532. The smallest absolute Gasteiger partial charge is 0.270 e. The number of ether oxygens (including phenoxy) is 3. The average Bonchev–Trinajstić information content (AvgIpc) is 3.45. The number of hydrogen-bond acceptors (Lipinski definition) is 7. The molecule has 32 heavy (non-hydrogen) atoms. The van der Waals surface area contributed by atoms with E-state index >= 15 is 0 Å². The zero-order valence-electron chi connectivity index (χ0n) is 16.6. The number of hydrazone groups is 1. The highest BCUT2D eigenvalue weighted by Gasteiger charge is 2.42. The number of para-hydroxylation sites is 1. The van der Waals surface area contributed by atoms with Crippen molar-refractivity contribution in [3.8, 4) is 17.2 Å². The Hall–Kier alpha value is -3.78. The van der Waals surface area contributed by atoms with Crippen LogP contribution in [0, 0.1) is 10.1 Å². The van der Waals surface area contributed by atoms with E-state index in [0.717, 1.165) is 16.8 Å². The van der Waals surface area contributed by atoms with Gasteiger partial charge in [0.1, 0.15) is 5.75 Å². The summed E-state index contributed by atoms with van der Waals surface area (Å²) in [6, 6.07) is 17.8. The Labute approximate surface area is 187 Å². The van der Waals surface area contributed by atoms with E-state index in [4.69, 9.17) is 30.9 Å². The largest absolute Gasteiger partial charge is 0.464 e. The summed E-state index contributed by atoms with van der Waals surface area (Å²) in [7, 11) is 0. The van der Waals surface area contributed by atoms with Crippen LogP contribution in [0.4, 0.5) is 5.69 Å². The van der Waals surface area contributed by atoms with Gasteiger partial charge in [0.2, 0.25) is 13.0 Å². The molecular weight excluding hydrogens is 434 g/mol. The minimum Gasteiger partial charge on any atom is -0.464 e. The van der Waals surface area contributed by atoms with Crippen molar-refractivity contribution < 1.29 is 19.1 Å². The minimum atomic E-state index is -0.700. The van der Waals surface area contributed by atoms with Gasteiger partial charge in [-0.3, -0.25) is 10.1 Å². The maximum absolute atomic E-state index is 11.4. The molecule has 0 unspecified atom stereocenters. The molecule has 0 saturated carbocycles. The zero-order chi connectivity index (χ0) is 21.8. The Morgan fingerprint density at radius 3 is 2.72 bits per heavy atom. The lowest BCUT2D eigenvalue weighted by atomic mass is 9.95. The van der Waals surface area contributed by atoms with Gasteiger partial charge in [0, 0.05) is 40.3 Å². The molecule has 0 radical (unpaired) electrons. The second kappa shape index (κ2) is 7.13. The maximum atomic E-state index is 11.4. The molecule has 0 saturated heterocycles. The van der Waals surface area contributed by atoms with Gasteiger partial charge in [-0.05, 0) is 30.3 Å². The fourth-order valence-corrected chi connectivity index (χ4v) is 4.53. The number of fused-ring (bicyclic) bond motifs is 4. The zero-order valence-corrected chi connectivity index (χ0v) is 17.4. The standard InChI is InChI=1S/C23H16ClN3O5/c24-17-7-6-14(27(28)29)10-16(17)23-26-19(15-3-1-2-4-20(15)32-23)11-18(25-26)13-5-8-21-22(9-13)31-12-30-21/h1-10,19,23H,11-12H2/t19-,23-/m0/s1. The molecule has 6 rings (SSSR count). The fourth-order valence-electron chi connectivity index (χ4n) is 4.32. The summed E-state index contributed by atoms with van der Waals surface area (Å²) in [6.07, 6.45) is -0.0582. The van der Waals surface area contributed by atoms with Crippen LogP contribution in [-0.4, -0.2) is 22.4 Å². The molecule has 160 valence electrons. The van der Waals surface area contributed by atoms with E-state index in [0.29, 0.717) is 34.3 Å². The third kappa shape index (κ3) is 2.95. The number of rotatable bonds is 3. The molecule has 3 aromatic rings. The molecule has 0 aromatic heterocycles. The second-order valence-corrected chi connectivity index (χ2v) is 8.09. The first kappa shape index (κ1) is 18.9. The van der Waals surface area contributed by atoms with Crippen LogP contribution in [0.3, 0.4) is 0 Å². The number of nitrogens with zero attached hydrogens (tertiary/aromatic N) is 3. The highest BCUT2D eigenvalue weighted by Crippen LogP contribution is 2.49.